The van der Waals surface area contributed by atoms with Gasteiger partial charge in [0, 0.05) is 17.9 Å². The second-order valence-corrected chi connectivity index (χ2v) is 5.98. The number of hydrogen-bond donors (Lipinski definition) is 0. The van der Waals surface area contributed by atoms with Crippen molar-refractivity contribution in [3.05, 3.63) is 45.8 Å². The molecule has 2 aromatic rings. The number of hydrogen-bond acceptors (Lipinski definition) is 6. The Morgan fingerprint density at radius 2 is 1.96 bits per heavy atom. The Hall–Kier alpha value is -1.73. The second kappa shape index (κ2) is 5.42. The molecule has 0 N–H and O–H groups in total. The molecule has 0 amide bonds. The highest BCUT2D eigenvalue weighted by Crippen LogP contribution is 2.48. The fourth-order valence-electron chi connectivity index (χ4n) is 3.51. The van der Waals surface area contributed by atoms with Gasteiger partial charge in [-0.2, -0.15) is 0 Å². The predicted octanol–water partition coefficient (Wildman–Crippen LogP) is 3.09. The molecule has 6 nitrogen and oxygen atoms in total. The molecule has 1 aromatic heterocycles. The monoisotopic (exact) mass is 317 g/mol. The quantitative estimate of drug-likeness (QED) is 0.793. The third kappa shape index (κ3) is 2.14. The molecule has 6 heteroatoms. The molecule has 1 saturated heterocycles. The topological polar surface area (TPSA) is 61.1 Å². The van der Waals surface area contributed by atoms with E-state index in [1.54, 1.807) is 0 Å². The molecule has 23 heavy (non-hydrogen) atoms. The highest BCUT2D eigenvalue weighted by atomic mass is 17.0. The minimum atomic E-state index is -0.435. The lowest BCUT2D eigenvalue weighted by molar-refractivity contribution is -0.415. The summed E-state index contributed by atoms with van der Waals surface area (Å²) in [5, 5.41) is 2.41. The van der Waals surface area contributed by atoms with Gasteiger partial charge in [-0.3, -0.25) is 4.84 Å². The van der Waals surface area contributed by atoms with Crippen LogP contribution >= 0.6 is 0 Å². The molecule has 4 rings (SSSR count). The molecule has 0 aliphatic carbocycles. The lowest BCUT2D eigenvalue weighted by Crippen LogP contribution is -2.35. The lowest BCUT2D eigenvalue weighted by atomic mass is 9.87. The van der Waals surface area contributed by atoms with Crippen molar-refractivity contribution in [1.29, 1.82) is 0 Å². The molecule has 0 saturated carbocycles. The number of benzene rings is 1. The van der Waals surface area contributed by atoms with Crippen LogP contribution in [-0.4, -0.2) is 18.1 Å². The van der Waals surface area contributed by atoms with Gasteiger partial charge in [0.05, 0.1) is 11.6 Å². The summed E-state index contributed by atoms with van der Waals surface area (Å²) in [7, 11) is 0. The molecule has 2 aliphatic rings. The van der Waals surface area contributed by atoms with Crippen LogP contribution in [0.2, 0.25) is 0 Å². The fourth-order valence-corrected chi connectivity index (χ4v) is 3.51. The molecule has 0 radical (unpaired) electrons. The predicted molar refractivity (Wildman–Crippen MR) is 82.2 cm³/mol. The van der Waals surface area contributed by atoms with Crippen molar-refractivity contribution in [2.45, 2.75) is 39.2 Å². The minimum absolute atomic E-state index is 0.0198. The summed E-state index contributed by atoms with van der Waals surface area (Å²) in [4.78, 5) is 24.0. The van der Waals surface area contributed by atoms with E-state index in [0.29, 0.717) is 17.8 Å². The van der Waals surface area contributed by atoms with Crippen LogP contribution in [0.3, 0.4) is 0 Å². The van der Waals surface area contributed by atoms with Crippen molar-refractivity contribution in [2.75, 3.05) is 6.61 Å². The third-order valence-corrected chi connectivity index (χ3v) is 4.55. The van der Waals surface area contributed by atoms with Gasteiger partial charge in [0.2, 0.25) is 0 Å². The van der Waals surface area contributed by atoms with Crippen LogP contribution in [0.25, 0.3) is 11.0 Å². The molecule has 4 atom stereocenters. The largest absolute Gasteiger partial charge is 0.422 e. The average molecular weight is 317 g/mol. The summed E-state index contributed by atoms with van der Waals surface area (Å²) in [6.07, 6.45) is -0.830. The molecule has 2 aliphatic heterocycles. The standard InChI is InChI=1S/C17H19NO5/c1-4-20-17-9(2)15-14-11-7-5-6-8-12(11)21-16(19)13(14)10(3)22-18(15)23-17/h5-10,15,17H,4H2,1-3H3/t9-,10-,15-,17-/m0/s1. The summed E-state index contributed by atoms with van der Waals surface area (Å²) < 4.78 is 11.1. The normalized spacial score (nSPS) is 30.4. The number of rotatable bonds is 2. The minimum Gasteiger partial charge on any atom is -0.422 e. The van der Waals surface area contributed by atoms with Crippen molar-refractivity contribution in [3.63, 3.8) is 0 Å². The maximum atomic E-state index is 12.5. The zero-order valence-electron chi connectivity index (χ0n) is 13.3. The van der Waals surface area contributed by atoms with Crippen LogP contribution in [0.15, 0.2) is 33.5 Å². The first-order valence-corrected chi connectivity index (χ1v) is 7.91. The Morgan fingerprint density at radius 1 is 1.17 bits per heavy atom. The van der Waals surface area contributed by atoms with E-state index in [9.17, 15) is 4.79 Å². The maximum absolute atomic E-state index is 12.5. The van der Waals surface area contributed by atoms with Gasteiger partial charge in [0.15, 0.2) is 6.29 Å². The summed E-state index contributed by atoms with van der Waals surface area (Å²) in [5.41, 5.74) is 1.72. The Kier molecular flexibility index (Phi) is 3.50. The first-order chi connectivity index (χ1) is 11.1. The van der Waals surface area contributed by atoms with Crippen LogP contribution in [0.5, 0.6) is 0 Å². The molecule has 0 unspecified atom stereocenters. The number of hydroxylamine groups is 2. The van der Waals surface area contributed by atoms with Crippen LogP contribution in [-0.2, 0) is 14.4 Å². The van der Waals surface area contributed by atoms with E-state index in [0.717, 1.165) is 10.9 Å². The number of para-hydroxylation sites is 1. The fraction of sp³-hybridized carbons (Fsp3) is 0.471. The van der Waals surface area contributed by atoms with Crippen molar-refractivity contribution in [1.82, 2.24) is 5.23 Å². The Morgan fingerprint density at radius 3 is 2.74 bits per heavy atom. The third-order valence-electron chi connectivity index (χ3n) is 4.55. The van der Waals surface area contributed by atoms with Crippen molar-refractivity contribution < 1.29 is 18.8 Å². The number of ether oxygens (including phenoxy) is 1. The molecule has 122 valence electrons. The van der Waals surface area contributed by atoms with Crippen molar-refractivity contribution in [3.8, 4) is 0 Å². The van der Waals surface area contributed by atoms with Gasteiger partial charge in [-0.15, -0.1) is 0 Å². The van der Waals surface area contributed by atoms with E-state index in [1.165, 1.54) is 5.23 Å². The molecule has 0 spiro atoms. The molecular formula is C17H19NO5. The van der Waals surface area contributed by atoms with Gasteiger partial charge in [0.1, 0.15) is 11.7 Å². The van der Waals surface area contributed by atoms with Gasteiger partial charge in [-0.25, -0.2) is 9.63 Å². The smallest absolute Gasteiger partial charge is 0.342 e. The Bertz CT molecular complexity index is 801. The highest BCUT2D eigenvalue weighted by Gasteiger charge is 2.49. The zero-order chi connectivity index (χ0) is 16.1. The summed E-state index contributed by atoms with van der Waals surface area (Å²) in [6.45, 7) is 6.34. The van der Waals surface area contributed by atoms with E-state index in [-0.39, 0.29) is 17.6 Å². The molecule has 1 aromatic carbocycles. The summed E-state index contributed by atoms with van der Waals surface area (Å²) in [5.74, 6) is 0.0198. The van der Waals surface area contributed by atoms with Gasteiger partial charge < -0.3 is 9.15 Å². The van der Waals surface area contributed by atoms with Crippen molar-refractivity contribution in [2.24, 2.45) is 5.92 Å². The Labute approximate surface area is 133 Å². The van der Waals surface area contributed by atoms with E-state index in [4.69, 9.17) is 18.8 Å². The number of nitrogens with zero attached hydrogens (tertiary/aromatic N) is 1. The summed E-state index contributed by atoms with van der Waals surface area (Å²) >= 11 is 0. The zero-order valence-corrected chi connectivity index (χ0v) is 13.3. The lowest BCUT2D eigenvalue weighted by Gasteiger charge is -2.33. The Balaban J connectivity index is 1.95. The molecule has 3 heterocycles. The highest BCUT2D eigenvalue weighted by molar-refractivity contribution is 5.82. The van der Waals surface area contributed by atoms with Gasteiger partial charge in [-0.1, -0.05) is 30.3 Å². The van der Waals surface area contributed by atoms with Gasteiger partial charge in [0.25, 0.3) is 0 Å². The first-order valence-electron chi connectivity index (χ1n) is 7.91. The summed E-state index contributed by atoms with van der Waals surface area (Å²) in [6, 6.07) is 7.37. The molecular weight excluding hydrogens is 298 g/mol. The maximum Gasteiger partial charge on any atom is 0.342 e. The van der Waals surface area contributed by atoms with Crippen LogP contribution in [0.1, 0.15) is 44.0 Å². The van der Waals surface area contributed by atoms with E-state index in [1.807, 2.05) is 45.0 Å². The van der Waals surface area contributed by atoms with Crippen LogP contribution in [0.4, 0.5) is 0 Å². The van der Waals surface area contributed by atoms with E-state index < -0.39 is 12.4 Å². The average Bonchev–Trinajstić information content (AvgIpc) is 2.83. The van der Waals surface area contributed by atoms with Gasteiger partial charge >= 0.3 is 5.63 Å². The van der Waals surface area contributed by atoms with Crippen LogP contribution in [0, 0.1) is 5.92 Å². The second-order valence-electron chi connectivity index (χ2n) is 5.98. The first kappa shape index (κ1) is 14.8. The molecule has 0 bridgehead atoms. The number of fused-ring (bicyclic) bond motifs is 5. The van der Waals surface area contributed by atoms with Gasteiger partial charge in [-0.05, 0) is 25.5 Å². The molecule has 1 fully saturated rings. The van der Waals surface area contributed by atoms with Crippen LogP contribution < -0.4 is 5.63 Å². The van der Waals surface area contributed by atoms with E-state index >= 15 is 0 Å². The SMILES string of the molecule is CCO[C@H]1ON2O[C@@H](C)c3c(c4ccccc4oc3=O)[C@@H]2[C@@H]1C. The van der Waals surface area contributed by atoms with Crippen molar-refractivity contribution >= 4 is 11.0 Å². The van der Waals surface area contributed by atoms with E-state index in [2.05, 4.69) is 0 Å².